The van der Waals surface area contributed by atoms with Crippen LogP contribution in [0.1, 0.15) is 75.3 Å². The van der Waals surface area contributed by atoms with Gasteiger partial charge in [-0.25, -0.2) is 8.78 Å². The monoisotopic (exact) mass is 411 g/mol. The van der Waals surface area contributed by atoms with Crippen LogP contribution >= 0.6 is 0 Å². The Hall–Kier alpha value is -1.98. The number of nitrogens with zero attached hydrogens (tertiary/aromatic N) is 1. The number of alkyl halides is 3. The summed E-state index contributed by atoms with van der Waals surface area (Å²) < 4.78 is 65.8. The van der Waals surface area contributed by atoms with Crippen LogP contribution in [0.5, 0.6) is 0 Å². The van der Waals surface area contributed by atoms with E-state index in [1.807, 2.05) is 6.07 Å². The van der Waals surface area contributed by atoms with Gasteiger partial charge in [-0.2, -0.15) is 13.2 Å². The second-order valence-corrected chi connectivity index (χ2v) is 8.00. The van der Waals surface area contributed by atoms with Crippen LogP contribution in [0.15, 0.2) is 30.5 Å². The Balaban J connectivity index is 1.67. The lowest BCUT2D eigenvalue weighted by atomic mass is 9.77. The zero-order valence-electron chi connectivity index (χ0n) is 16.5. The number of rotatable bonds is 6. The molecule has 1 aliphatic rings. The van der Waals surface area contributed by atoms with Gasteiger partial charge in [0.05, 0.1) is 5.69 Å². The van der Waals surface area contributed by atoms with Gasteiger partial charge in [0.2, 0.25) is 0 Å². The molecular weight excluding hydrogens is 385 g/mol. The molecule has 1 aliphatic carbocycles. The number of halogens is 5. The molecule has 0 N–H and O–H groups in total. The molecule has 0 spiro atoms. The summed E-state index contributed by atoms with van der Waals surface area (Å²) in [5.41, 5.74) is -0.533. The topological polar surface area (TPSA) is 12.9 Å². The molecule has 1 fully saturated rings. The summed E-state index contributed by atoms with van der Waals surface area (Å²) in [7, 11) is 0. The zero-order valence-corrected chi connectivity index (χ0v) is 16.5. The van der Waals surface area contributed by atoms with Crippen LogP contribution in [-0.4, -0.2) is 4.98 Å². The van der Waals surface area contributed by atoms with Crippen molar-refractivity contribution in [1.82, 2.24) is 4.98 Å². The average molecular weight is 411 g/mol. The van der Waals surface area contributed by atoms with Crippen LogP contribution in [0.4, 0.5) is 22.0 Å². The van der Waals surface area contributed by atoms with Gasteiger partial charge in [-0.3, -0.25) is 4.98 Å². The SMILES string of the molecule is CCCCCC1CCC(c2ccc(-c3cc(F)c(C(F)(F)F)c(F)c3)nc2)CC1. The minimum absolute atomic E-state index is 0.000757. The van der Waals surface area contributed by atoms with Crippen molar-refractivity contribution < 1.29 is 22.0 Å². The molecule has 6 heteroatoms. The van der Waals surface area contributed by atoms with E-state index >= 15 is 0 Å². The highest BCUT2D eigenvalue weighted by molar-refractivity contribution is 5.60. The minimum atomic E-state index is -5.07. The van der Waals surface area contributed by atoms with Crippen LogP contribution in [0.2, 0.25) is 0 Å². The smallest absolute Gasteiger partial charge is 0.256 e. The van der Waals surface area contributed by atoms with Gasteiger partial charge in [-0.1, -0.05) is 38.7 Å². The van der Waals surface area contributed by atoms with Gasteiger partial charge < -0.3 is 0 Å². The van der Waals surface area contributed by atoms with E-state index in [-0.39, 0.29) is 11.3 Å². The quantitative estimate of drug-likeness (QED) is 0.348. The lowest BCUT2D eigenvalue weighted by Gasteiger charge is -2.28. The summed E-state index contributed by atoms with van der Waals surface area (Å²) in [4.78, 5) is 4.26. The molecule has 158 valence electrons. The van der Waals surface area contributed by atoms with Crippen LogP contribution < -0.4 is 0 Å². The van der Waals surface area contributed by atoms with E-state index in [2.05, 4.69) is 11.9 Å². The van der Waals surface area contributed by atoms with Gasteiger partial charge in [-0.05, 0) is 61.3 Å². The summed E-state index contributed by atoms with van der Waals surface area (Å²) in [5, 5.41) is 0. The predicted octanol–water partition coefficient (Wildman–Crippen LogP) is 7.90. The highest BCUT2D eigenvalue weighted by Crippen LogP contribution is 2.39. The Kier molecular flexibility index (Phi) is 6.91. The van der Waals surface area contributed by atoms with Crippen molar-refractivity contribution in [3.8, 4) is 11.3 Å². The van der Waals surface area contributed by atoms with E-state index in [0.29, 0.717) is 18.1 Å². The molecule has 3 rings (SSSR count). The second kappa shape index (κ2) is 9.23. The van der Waals surface area contributed by atoms with E-state index in [4.69, 9.17) is 0 Å². The third-order valence-electron chi connectivity index (χ3n) is 5.94. The third-order valence-corrected chi connectivity index (χ3v) is 5.94. The van der Waals surface area contributed by atoms with Crippen LogP contribution in [0.25, 0.3) is 11.3 Å². The fraction of sp³-hybridized carbons (Fsp3) is 0.522. The Morgan fingerprint density at radius 3 is 2.14 bits per heavy atom. The number of pyridine rings is 1. The maximum absolute atomic E-state index is 13.8. The van der Waals surface area contributed by atoms with Gasteiger partial charge in [0.15, 0.2) is 0 Å². The minimum Gasteiger partial charge on any atom is -0.256 e. The van der Waals surface area contributed by atoms with Crippen molar-refractivity contribution in [3.63, 3.8) is 0 Å². The summed E-state index contributed by atoms with van der Waals surface area (Å²) in [5.74, 6) is -2.04. The molecule has 1 aromatic carbocycles. The molecule has 0 bridgehead atoms. The van der Waals surface area contributed by atoms with Gasteiger partial charge in [0.1, 0.15) is 17.2 Å². The van der Waals surface area contributed by atoms with Crippen LogP contribution in [0.3, 0.4) is 0 Å². The van der Waals surface area contributed by atoms with Gasteiger partial charge >= 0.3 is 6.18 Å². The zero-order chi connectivity index (χ0) is 21.0. The van der Waals surface area contributed by atoms with E-state index in [9.17, 15) is 22.0 Å². The lowest BCUT2D eigenvalue weighted by molar-refractivity contribution is -0.142. The molecule has 1 heterocycles. The molecule has 0 atom stereocenters. The summed E-state index contributed by atoms with van der Waals surface area (Å²) in [6.07, 6.45) is 6.32. The van der Waals surface area contributed by atoms with E-state index < -0.39 is 23.4 Å². The molecule has 0 radical (unpaired) electrons. The molecule has 29 heavy (non-hydrogen) atoms. The molecule has 0 unspecified atom stereocenters. The maximum atomic E-state index is 13.8. The first-order valence-corrected chi connectivity index (χ1v) is 10.3. The first kappa shape index (κ1) is 21.7. The molecule has 0 amide bonds. The van der Waals surface area contributed by atoms with Crippen molar-refractivity contribution in [2.24, 2.45) is 5.92 Å². The summed E-state index contributed by atoms with van der Waals surface area (Å²) in [6, 6.07) is 4.88. The Labute approximate surface area is 168 Å². The fourth-order valence-corrected chi connectivity index (χ4v) is 4.28. The normalized spacial score (nSPS) is 20.1. The Morgan fingerprint density at radius 1 is 0.966 bits per heavy atom. The first-order valence-electron chi connectivity index (χ1n) is 10.3. The summed E-state index contributed by atoms with van der Waals surface area (Å²) >= 11 is 0. The van der Waals surface area contributed by atoms with Crippen molar-refractivity contribution in [1.29, 1.82) is 0 Å². The number of unbranched alkanes of at least 4 members (excludes halogenated alkanes) is 2. The summed E-state index contributed by atoms with van der Waals surface area (Å²) in [6.45, 7) is 2.21. The Morgan fingerprint density at radius 2 is 1.62 bits per heavy atom. The lowest BCUT2D eigenvalue weighted by Crippen LogP contribution is -2.13. The molecule has 1 saturated carbocycles. The van der Waals surface area contributed by atoms with Gasteiger partial charge in [0.25, 0.3) is 0 Å². The molecule has 1 aromatic heterocycles. The predicted molar refractivity (Wildman–Crippen MR) is 103 cm³/mol. The van der Waals surface area contributed by atoms with Crippen molar-refractivity contribution in [2.45, 2.75) is 70.4 Å². The van der Waals surface area contributed by atoms with E-state index in [1.165, 1.54) is 38.5 Å². The number of benzene rings is 1. The average Bonchev–Trinajstić information content (AvgIpc) is 2.67. The van der Waals surface area contributed by atoms with Gasteiger partial charge in [-0.15, -0.1) is 0 Å². The largest absolute Gasteiger partial charge is 0.422 e. The van der Waals surface area contributed by atoms with Crippen molar-refractivity contribution >= 4 is 0 Å². The van der Waals surface area contributed by atoms with Crippen LogP contribution in [-0.2, 0) is 6.18 Å². The molecule has 0 aliphatic heterocycles. The second-order valence-electron chi connectivity index (χ2n) is 8.00. The molecule has 2 aromatic rings. The standard InChI is InChI=1S/C23H26F5N/c1-2-3-4-5-15-6-8-16(9-7-15)17-10-11-21(29-14-17)18-12-19(24)22(20(25)13-18)23(26,27)28/h10-16H,2-9H2,1H3. The molecule has 1 nitrogen and oxygen atoms in total. The van der Waals surface area contributed by atoms with E-state index in [1.54, 1.807) is 12.3 Å². The maximum Gasteiger partial charge on any atom is 0.422 e. The highest BCUT2D eigenvalue weighted by atomic mass is 19.4. The van der Waals surface area contributed by atoms with Crippen molar-refractivity contribution in [3.05, 3.63) is 53.2 Å². The number of hydrogen-bond acceptors (Lipinski definition) is 1. The first-order chi connectivity index (χ1) is 13.8. The highest BCUT2D eigenvalue weighted by Gasteiger charge is 2.38. The fourth-order valence-electron chi connectivity index (χ4n) is 4.28. The molecular formula is C23H26F5N. The number of hydrogen-bond donors (Lipinski definition) is 0. The number of aromatic nitrogens is 1. The Bertz CT molecular complexity index is 782. The van der Waals surface area contributed by atoms with Gasteiger partial charge in [0, 0.05) is 11.8 Å². The van der Waals surface area contributed by atoms with Crippen LogP contribution in [0, 0.1) is 17.6 Å². The van der Waals surface area contributed by atoms with E-state index in [0.717, 1.165) is 24.3 Å². The van der Waals surface area contributed by atoms with Crippen molar-refractivity contribution in [2.75, 3.05) is 0 Å². The third kappa shape index (κ3) is 5.34. The molecule has 0 saturated heterocycles.